The largest absolute Gasteiger partial charge is 0.222 e. The van der Waals surface area contributed by atoms with Crippen LogP contribution in [0.5, 0.6) is 0 Å². The van der Waals surface area contributed by atoms with Gasteiger partial charge in [0, 0.05) is 3.57 Å². The molecule has 0 bridgehead atoms. The molecule has 0 atom stereocenters. The lowest BCUT2D eigenvalue weighted by atomic mass is 10.0. The van der Waals surface area contributed by atoms with E-state index in [1.54, 1.807) is 0 Å². The Labute approximate surface area is 282 Å². The zero-order valence-electron chi connectivity index (χ0n) is 24.1. The predicted octanol–water partition coefficient (Wildman–Crippen LogP) is 0.381. The van der Waals surface area contributed by atoms with E-state index in [0.29, 0.717) is 0 Å². The van der Waals surface area contributed by atoms with Crippen LogP contribution in [0.1, 0.15) is 22.3 Å². The quantitative estimate of drug-likeness (QED) is 0.190. The molecule has 0 heterocycles. The van der Waals surface area contributed by atoms with Crippen molar-refractivity contribution in [3.05, 3.63) is 147 Å². The highest BCUT2D eigenvalue weighted by atomic mass is 127. The second-order valence-electron chi connectivity index (χ2n) is 9.70. The predicted molar refractivity (Wildman–Crippen MR) is 161 cm³/mol. The molecular formula is C33H29Cl2IO8S. The lowest BCUT2D eigenvalue weighted by Crippen LogP contribution is -2.68. The smallest absolute Gasteiger partial charge is 0.166 e. The van der Waals surface area contributed by atoms with Gasteiger partial charge in [-0.3, -0.25) is 0 Å². The van der Waals surface area contributed by atoms with Crippen LogP contribution in [0.2, 0.25) is 0 Å². The fourth-order valence-electron chi connectivity index (χ4n) is 4.23. The van der Waals surface area contributed by atoms with Gasteiger partial charge in [-0.1, -0.05) is 90.0 Å². The first-order valence-electron chi connectivity index (χ1n) is 13.1. The molecule has 12 heteroatoms. The molecule has 236 valence electrons. The number of halogens is 3. The highest BCUT2D eigenvalue weighted by Gasteiger charge is 2.28. The van der Waals surface area contributed by atoms with Crippen molar-refractivity contribution < 1.29 is 57.8 Å². The molecule has 0 saturated carbocycles. The molecule has 0 aliphatic heterocycles. The van der Waals surface area contributed by atoms with Crippen molar-refractivity contribution in [3.63, 3.8) is 0 Å². The van der Waals surface area contributed by atoms with Gasteiger partial charge in [-0.15, -0.1) is 10.2 Å². The first-order valence-corrected chi connectivity index (χ1v) is 17.9. The molecule has 5 rings (SSSR count). The average molecular weight is 783 g/mol. The summed E-state index contributed by atoms with van der Waals surface area (Å²) in [4.78, 5) is 4.08. The highest BCUT2D eigenvalue weighted by molar-refractivity contribution is 14.1. The van der Waals surface area contributed by atoms with Gasteiger partial charge in [0.15, 0.2) is 14.7 Å². The van der Waals surface area contributed by atoms with Gasteiger partial charge in [0.25, 0.3) is 0 Å². The van der Waals surface area contributed by atoms with E-state index in [9.17, 15) is 0 Å². The normalized spacial score (nSPS) is 11.3. The maximum absolute atomic E-state index is 8.60. The Morgan fingerprint density at radius 2 is 0.889 bits per heavy atom. The molecule has 0 radical (unpaired) electrons. The van der Waals surface area contributed by atoms with Crippen LogP contribution in [0, 0.1) is 37.9 Å². The van der Waals surface area contributed by atoms with Crippen molar-refractivity contribution in [3.8, 4) is 11.1 Å². The highest BCUT2D eigenvalue weighted by Crippen LogP contribution is 2.32. The lowest BCUT2D eigenvalue weighted by Gasteiger charge is -2.17. The zero-order valence-corrected chi connectivity index (χ0v) is 28.6. The Balaban J connectivity index is 0.000000482. The van der Waals surface area contributed by atoms with E-state index < -0.39 is 20.5 Å². The van der Waals surface area contributed by atoms with Crippen molar-refractivity contribution >= 4 is 33.5 Å². The summed E-state index contributed by atoms with van der Waals surface area (Å²) in [6.07, 6.45) is 0.940. The van der Waals surface area contributed by atoms with E-state index in [0.717, 1.165) is 6.42 Å². The standard InChI is InChI=1S/C33H28IS.2ClHO4/c1-24-7-17-29(18-8-24)35(30-19-9-25(2)10-20-30)31-21-13-27(14-22-31)23-26-11-15-28(16-12-26)32-5-3-4-6-33(32)34;2*2-1(3,4)5/h3-22H,23H2,1-2H3;2*(H,2,3,4,5)/q+1;;/p-1. The van der Waals surface area contributed by atoms with E-state index in [1.165, 1.54) is 51.6 Å². The van der Waals surface area contributed by atoms with E-state index in [4.69, 9.17) is 37.3 Å². The van der Waals surface area contributed by atoms with Gasteiger partial charge in [0.05, 0.1) is 25.8 Å². The lowest BCUT2D eigenvalue weighted by molar-refractivity contribution is -2.00. The van der Waals surface area contributed by atoms with Crippen molar-refractivity contribution in [1.29, 1.82) is 0 Å². The van der Waals surface area contributed by atoms with E-state index in [-0.39, 0.29) is 10.9 Å². The third kappa shape index (κ3) is 13.8. The fourth-order valence-corrected chi connectivity index (χ4v) is 6.97. The first kappa shape index (κ1) is 36.9. The van der Waals surface area contributed by atoms with Gasteiger partial charge < -0.3 is 0 Å². The van der Waals surface area contributed by atoms with Crippen LogP contribution in [-0.4, -0.2) is 4.66 Å². The Morgan fingerprint density at radius 3 is 1.27 bits per heavy atom. The maximum atomic E-state index is 8.60. The van der Waals surface area contributed by atoms with Crippen molar-refractivity contribution in [2.45, 2.75) is 35.0 Å². The van der Waals surface area contributed by atoms with E-state index >= 15 is 0 Å². The first-order chi connectivity index (χ1) is 21.1. The molecule has 5 aromatic rings. The van der Waals surface area contributed by atoms with E-state index in [1.807, 2.05) is 0 Å². The molecule has 0 unspecified atom stereocenters. The molecule has 0 aliphatic carbocycles. The minimum absolute atomic E-state index is 0.113. The molecule has 0 amide bonds. The summed E-state index contributed by atoms with van der Waals surface area (Å²) < 4.78 is 68.0. The minimum Gasteiger partial charge on any atom is -0.222 e. The van der Waals surface area contributed by atoms with Gasteiger partial charge in [-0.2, -0.15) is 14.0 Å². The second kappa shape index (κ2) is 16.8. The molecule has 45 heavy (non-hydrogen) atoms. The number of benzene rings is 5. The van der Waals surface area contributed by atoms with Gasteiger partial charge >= 0.3 is 0 Å². The van der Waals surface area contributed by atoms with E-state index in [2.05, 4.69) is 158 Å². The summed E-state index contributed by atoms with van der Waals surface area (Å²) in [7, 11) is -9.75. The summed E-state index contributed by atoms with van der Waals surface area (Å²) >= 11 is 2.41. The zero-order chi connectivity index (χ0) is 33.2. The van der Waals surface area contributed by atoms with Gasteiger partial charge in [-0.25, -0.2) is 18.6 Å². The summed E-state index contributed by atoms with van der Waals surface area (Å²) in [6.45, 7) is 4.30. The van der Waals surface area contributed by atoms with Crippen LogP contribution < -0.4 is 32.6 Å². The minimum atomic E-state index is -4.94. The molecule has 5 aromatic carbocycles. The maximum Gasteiger partial charge on any atom is 0.166 e. The summed E-state index contributed by atoms with van der Waals surface area (Å²) in [5.74, 6) is 0. The van der Waals surface area contributed by atoms with Crippen molar-refractivity contribution in [1.82, 2.24) is 0 Å². The third-order valence-corrected chi connectivity index (χ3v) is 9.39. The number of hydrogen-bond donors (Lipinski definition) is 1. The third-order valence-electron chi connectivity index (χ3n) is 6.22. The Bertz CT molecular complexity index is 1550. The van der Waals surface area contributed by atoms with Crippen molar-refractivity contribution in [2.24, 2.45) is 0 Å². The summed E-state index contributed by atoms with van der Waals surface area (Å²) in [5, 5.41) is 0. The monoisotopic (exact) mass is 782 g/mol. The van der Waals surface area contributed by atoms with Crippen molar-refractivity contribution in [2.75, 3.05) is 0 Å². The van der Waals surface area contributed by atoms with Crippen LogP contribution in [0.25, 0.3) is 11.1 Å². The fraction of sp³-hybridized carbons (Fsp3) is 0.0909. The van der Waals surface area contributed by atoms with Gasteiger partial charge in [-0.05, 0) is 108 Å². The van der Waals surface area contributed by atoms with Crippen LogP contribution in [0.15, 0.2) is 136 Å². The molecule has 0 aromatic heterocycles. The summed E-state index contributed by atoms with van der Waals surface area (Å²) in [6, 6.07) is 44.8. The average Bonchev–Trinajstić information content (AvgIpc) is 2.95. The topological polar surface area (TPSA) is 182 Å². The van der Waals surface area contributed by atoms with Gasteiger partial charge in [0.1, 0.15) is 0 Å². The Kier molecular flexibility index (Phi) is 13.8. The molecule has 0 aliphatic rings. The molecule has 0 fully saturated rings. The van der Waals surface area contributed by atoms with Gasteiger partial charge in [0.2, 0.25) is 0 Å². The number of aryl methyl sites for hydroxylation is 2. The SMILES string of the molecule is Cc1ccc([S+](c2ccc(C)cc2)c2ccc(Cc3ccc(-c4ccccc4I)cc3)cc2)cc1.[O-][Cl+3]([O-])([O-])O.[O-][Cl+3]([O-])([O-])[O-]. The molecule has 1 N–H and O–H groups in total. The van der Waals surface area contributed by atoms with Crippen LogP contribution >= 0.6 is 22.6 Å². The Hall–Kier alpha value is -2.56. The summed E-state index contributed by atoms with van der Waals surface area (Å²) in [5.41, 5.74) is 7.84. The second-order valence-corrected chi connectivity index (χ2v) is 14.4. The Morgan fingerprint density at radius 1 is 0.556 bits per heavy atom. The molecule has 0 saturated heterocycles. The van der Waals surface area contributed by atoms with Crippen LogP contribution in [0.4, 0.5) is 0 Å². The number of hydrogen-bond acceptors (Lipinski definition) is 8. The number of rotatable bonds is 6. The van der Waals surface area contributed by atoms with Crippen LogP contribution in [0.3, 0.4) is 0 Å². The van der Waals surface area contributed by atoms with Crippen LogP contribution in [-0.2, 0) is 17.3 Å². The molecule has 0 spiro atoms. The molecular weight excluding hydrogens is 754 g/mol. The molecule has 8 nitrogen and oxygen atoms in total.